The standard InChI is InChI=1S/C12H22N2O2/c1-16-12(3-2-4-12)7-10(15)14-9-11(8-13)5-6-11/h2-9,13H2,1H3,(H,14,15). The van der Waals surface area contributed by atoms with Crippen LogP contribution in [0.2, 0.25) is 0 Å². The van der Waals surface area contributed by atoms with E-state index < -0.39 is 0 Å². The molecule has 0 radical (unpaired) electrons. The summed E-state index contributed by atoms with van der Waals surface area (Å²) in [5, 5.41) is 3.00. The Morgan fingerprint density at radius 3 is 2.44 bits per heavy atom. The molecular weight excluding hydrogens is 204 g/mol. The van der Waals surface area contributed by atoms with E-state index in [0.29, 0.717) is 13.0 Å². The van der Waals surface area contributed by atoms with Gasteiger partial charge in [-0.15, -0.1) is 0 Å². The van der Waals surface area contributed by atoms with Crippen LogP contribution in [0.25, 0.3) is 0 Å². The van der Waals surface area contributed by atoms with Crippen molar-refractivity contribution in [3.63, 3.8) is 0 Å². The molecule has 0 aromatic rings. The van der Waals surface area contributed by atoms with Crippen LogP contribution in [-0.2, 0) is 9.53 Å². The molecule has 0 spiro atoms. The van der Waals surface area contributed by atoms with Gasteiger partial charge in [-0.2, -0.15) is 0 Å². The number of methoxy groups -OCH3 is 1. The van der Waals surface area contributed by atoms with E-state index in [1.807, 2.05) is 0 Å². The number of rotatable bonds is 6. The maximum atomic E-state index is 11.8. The Labute approximate surface area is 96.9 Å². The van der Waals surface area contributed by atoms with Crippen molar-refractivity contribution in [2.45, 2.75) is 44.1 Å². The Morgan fingerprint density at radius 1 is 1.38 bits per heavy atom. The zero-order valence-electron chi connectivity index (χ0n) is 10.1. The number of amides is 1. The van der Waals surface area contributed by atoms with Crippen molar-refractivity contribution in [1.29, 1.82) is 0 Å². The van der Waals surface area contributed by atoms with Gasteiger partial charge in [0.15, 0.2) is 0 Å². The van der Waals surface area contributed by atoms with Crippen molar-refractivity contribution >= 4 is 5.91 Å². The molecule has 0 aromatic carbocycles. The Balaban J connectivity index is 1.72. The van der Waals surface area contributed by atoms with E-state index in [1.165, 1.54) is 6.42 Å². The third-order valence-electron chi connectivity index (χ3n) is 4.23. The zero-order valence-corrected chi connectivity index (χ0v) is 10.1. The summed E-state index contributed by atoms with van der Waals surface area (Å²) in [6.07, 6.45) is 6.01. The molecule has 2 saturated carbocycles. The fourth-order valence-corrected chi connectivity index (χ4v) is 2.30. The topological polar surface area (TPSA) is 64.3 Å². The monoisotopic (exact) mass is 226 g/mol. The molecule has 92 valence electrons. The van der Waals surface area contributed by atoms with Crippen LogP contribution in [0.5, 0.6) is 0 Å². The summed E-state index contributed by atoms with van der Waals surface area (Å²) in [5.74, 6) is 0.112. The first kappa shape index (κ1) is 11.9. The van der Waals surface area contributed by atoms with Gasteiger partial charge in [0.1, 0.15) is 0 Å². The molecular formula is C12H22N2O2. The largest absolute Gasteiger partial charge is 0.378 e. The van der Waals surface area contributed by atoms with E-state index in [2.05, 4.69) is 5.32 Å². The van der Waals surface area contributed by atoms with Crippen LogP contribution in [-0.4, -0.2) is 31.7 Å². The third kappa shape index (κ3) is 2.38. The number of nitrogens with one attached hydrogen (secondary N) is 1. The Kier molecular flexibility index (Phi) is 3.22. The SMILES string of the molecule is COC1(CC(=O)NCC2(CN)CC2)CCC1. The van der Waals surface area contributed by atoms with Crippen LogP contribution in [0.1, 0.15) is 38.5 Å². The molecule has 3 N–H and O–H groups in total. The van der Waals surface area contributed by atoms with Crippen LogP contribution in [0, 0.1) is 5.41 Å². The van der Waals surface area contributed by atoms with E-state index in [0.717, 1.165) is 32.2 Å². The van der Waals surface area contributed by atoms with Crippen molar-refractivity contribution < 1.29 is 9.53 Å². The summed E-state index contributed by atoms with van der Waals surface area (Å²) in [7, 11) is 1.70. The minimum absolute atomic E-state index is 0.112. The number of ether oxygens (including phenoxy) is 1. The maximum absolute atomic E-state index is 11.8. The Morgan fingerprint density at radius 2 is 2.06 bits per heavy atom. The lowest BCUT2D eigenvalue weighted by Crippen LogP contribution is -2.45. The lowest BCUT2D eigenvalue weighted by molar-refractivity contribution is -0.134. The molecule has 4 nitrogen and oxygen atoms in total. The summed E-state index contributed by atoms with van der Waals surface area (Å²) in [5.41, 5.74) is 5.72. The van der Waals surface area contributed by atoms with Gasteiger partial charge in [-0.25, -0.2) is 0 Å². The minimum Gasteiger partial charge on any atom is -0.378 e. The Bertz CT molecular complexity index is 265. The number of hydrogen-bond donors (Lipinski definition) is 2. The molecule has 4 heteroatoms. The maximum Gasteiger partial charge on any atom is 0.222 e. The summed E-state index contributed by atoms with van der Waals surface area (Å²) < 4.78 is 5.43. The molecule has 0 aromatic heterocycles. The van der Waals surface area contributed by atoms with E-state index in [1.54, 1.807) is 7.11 Å². The van der Waals surface area contributed by atoms with E-state index in [9.17, 15) is 4.79 Å². The highest BCUT2D eigenvalue weighted by molar-refractivity contribution is 5.77. The minimum atomic E-state index is -0.163. The molecule has 16 heavy (non-hydrogen) atoms. The molecule has 2 aliphatic rings. The highest BCUT2D eigenvalue weighted by Gasteiger charge is 2.42. The van der Waals surface area contributed by atoms with Crippen LogP contribution < -0.4 is 11.1 Å². The normalized spacial score (nSPS) is 24.6. The zero-order chi connectivity index (χ0) is 11.6. The lowest BCUT2D eigenvalue weighted by atomic mass is 9.77. The highest BCUT2D eigenvalue weighted by Crippen LogP contribution is 2.44. The highest BCUT2D eigenvalue weighted by atomic mass is 16.5. The van der Waals surface area contributed by atoms with Gasteiger partial charge in [-0.1, -0.05) is 0 Å². The first-order valence-corrected chi connectivity index (χ1v) is 6.16. The van der Waals surface area contributed by atoms with Gasteiger partial charge in [-0.05, 0) is 44.1 Å². The van der Waals surface area contributed by atoms with E-state index in [-0.39, 0.29) is 16.9 Å². The van der Waals surface area contributed by atoms with Gasteiger partial charge in [-0.3, -0.25) is 4.79 Å². The molecule has 0 saturated heterocycles. The number of hydrogen-bond acceptors (Lipinski definition) is 3. The smallest absolute Gasteiger partial charge is 0.222 e. The second-order valence-electron chi connectivity index (χ2n) is 5.40. The van der Waals surface area contributed by atoms with Crippen LogP contribution in [0.4, 0.5) is 0 Å². The second-order valence-corrected chi connectivity index (χ2v) is 5.40. The van der Waals surface area contributed by atoms with Crippen molar-refractivity contribution in [3.8, 4) is 0 Å². The van der Waals surface area contributed by atoms with Gasteiger partial charge in [0, 0.05) is 13.7 Å². The van der Waals surface area contributed by atoms with Crippen LogP contribution in [0.15, 0.2) is 0 Å². The fraction of sp³-hybridized carbons (Fsp3) is 0.917. The average Bonchev–Trinajstić information content (AvgIpc) is 3.01. The summed E-state index contributed by atoms with van der Waals surface area (Å²) in [6.45, 7) is 1.42. The molecule has 2 rings (SSSR count). The second kappa shape index (κ2) is 4.34. The summed E-state index contributed by atoms with van der Waals surface area (Å²) >= 11 is 0. The molecule has 1 amide bonds. The van der Waals surface area contributed by atoms with Gasteiger partial charge in [0.25, 0.3) is 0 Å². The van der Waals surface area contributed by atoms with Crippen molar-refractivity contribution in [2.24, 2.45) is 11.1 Å². The molecule has 0 heterocycles. The quantitative estimate of drug-likeness (QED) is 0.704. The van der Waals surface area contributed by atoms with Gasteiger partial charge in [0.2, 0.25) is 5.91 Å². The predicted molar refractivity (Wildman–Crippen MR) is 61.9 cm³/mol. The van der Waals surface area contributed by atoms with E-state index in [4.69, 9.17) is 10.5 Å². The number of carbonyl (C=O) groups is 1. The van der Waals surface area contributed by atoms with Crippen molar-refractivity contribution in [3.05, 3.63) is 0 Å². The van der Waals surface area contributed by atoms with Crippen molar-refractivity contribution in [1.82, 2.24) is 5.32 Å². The number of carbonyl (C=O) groups excluding carboxylic acids is 1. The molecule has 0 atom stereocenters. The molecule has 2 fully saturated rings. The average molecular weight is 226 g/mol. The first-order chi connectivity index (χ1) is 7.64. The lowest BCUT2D eigenvalue weighted by Gasteiger charge is -2.40. The first-order valence-electron chi connectivity index (χ1n) is 6.16. The fourth-order valence-electron chi connectivity index (χ4n) is 2.30. The molecule has 2 aliphatic carbocycles. The van der Waals surface area contributed by atoms with Gasteiger partial charge in [0.05, 0.1) is 12.0 Å². The van der Waals surface area contributed by atoms with Gasteiger partial charge >= 0.3 is 0 Å². The van der Waals surface area contributed by atoms with Crippen LogP contribution in [0.3, 0.4) is 0 Å². The summed E-state index contributed by atoms with van der Waals surface area (Å²) in [4.78, 5) is 11.8. The number of nitrogens with two attached hydrogens (primary N) is 1. The molecule has 0 unspecified atom stereocenters. The Hall–Kier alpha value is -0.610. The van der Waals surface area contributed by atoms with Crippen LogP contribution >= 0.6 is 0 Å². The van der Waals surface area contributed by atoms with Gasteiger partial charge < -0.3 is 15.8 Å². The third-order valence-corrected chi connectivity index (χ3v) is 4.23. The molecule has 0 bridgehead atoms. The predicted octanol–water partition coefficient (Wildman–Crippen LogP) is 0.801. The van der Waals surface area contributed by atoms with Crippen molar-refractivity contribution in [2.75, 3.05) is 20.2 Å². The molecule has 0 aliphatic heterocycles. The summed E-state index contributed by atoms with van der Waals surface area (Å²) in [6, 6.07) is 0. The van der Waals surface area contributed by atoms with E-state index >= 15 is 0 Å².